The molecule has 28 heavy (non-hydrogen) atoms. The van der Waals surface area contributed by atoms with Gasteiger partial charge in [-0.2, -0.15) is 0 Å². The van der Waals surface area contributed by atoms with E-state index in [0.29, 0.717) is 6.54 Å². The van der Waals surface area contributed by atoms with Crippen LogP contribution < -0.4 is 10.6 Å². The number of pyridine rings is 1. The van der Waals surface area contributed by atoms with Gasteiger partial charge < -0.3 is 10.6 Å². The van der Waals surface area contributed by atoms with Crippen LogP contribution in [0.15, 0.2) is 47.8 Å². The third-order valence-corrected chi connectivity index (χ3v) is 5.70. The number of hydrogen-bond acceptors (Lipinski definition) is 6. The first-order chi connectivity index (χ1) is 13.9. The Bertz CT molecular complexity index is 1020. The fourth-order valence-corrected chi connectivity index (χ4v) is 4.17. The Labute approximate surface area is 164 Å². The van der Waals surface area contributed by atoms with Crippen LogP contribution in [0.3, 0.4) is 0 Å². The third kappa shape index (κ3) is 3.42. The van der Waals surface area contributed by atoms with Gasteiger partial charge in [0.05, 0.1) is 12.2 Å². The molecular formula is C22H24N6. The second kappa shape index (κ2) is 7.54. The molecule has 2 aliphatic rings. The molecule has 1 saturated carbocycles. The predicted octanol–water partition coefficient (Wildman–Crippen LogP) is 4.39. The lowest BCUT2D eigenvalue weighted by atomic mass is 9.89. The van der Waals surface area contributed by atoms with E-state index in [-0.39, 0.29) is 0 Å². The van der Waals surface area contributed by atoms with E-state index in [2.05, 4.69) is 54.8 Å². The minimum absolute atomic E-state index is 0.582. The second-order valence-electron chi connectivity index (χ2n) is 7.62. The van der Waals surface area contributed by atoms with Gasteiger partial charge in [0.15, 0.2) is 5.84 Å². The largest absolute Gasteiger partial charge is 0.369 e. The number of nitrogens with zero attached hydrogens (tertiary/aromatic N) is 4. The number of hydrogen-bond donors (Lipinski definition) is 2. The van der Waals surface area contributed by atoms with Crippen molar-refractivity contribution in [1.29, 1.82) is 0 Å². The summed E-state index contributed by atoms with van der Waals surface area (Å²) in [6, 6.07) is 8.39. The van der Waals surface area contributed by atoms with Crippen molar-refractivity contribution >= 4 is 28.1 Å². The molecule has 142 valence electrons. The Morgan fingerprint density at radius 2 is 1.82 bits per heavy atom. The SMILES string of the molecule is c1cnc2c(n1)CN=C2Nc1ccc2c(NCC3CCCCC3)nccc2c1. The molecule has 3 heterocycles. The van der Waals surface area contributed by atoms with Crippen LogP contribution in [0.25, 0.3) is 10.8 Å². The number of fused-ring (bicyclic) bond motifs is 2. The molecule has 6 nitrogen and oxygen atoms in total. The number of anilines is 2. The van der Waals surface area contributed by atoms with Crippen molar-refractivity contribution in [2.75, 3.05) is 17.2 Å². The molecule has 1 aliphatic carbocycles. The Morgan fingerprint density at radius 3 is 2.75 bits per heavy atom. The maximum atomic E-state index is 4.58. The minimum atomic E-state index is 0.582. The van der Waals surface area contributed by atoms with Gasteiger partial charge in [-0.25, -0.2) is 9.97 Å². The summed E-state index contributed by atoms with van der Waals surface area (Å²) in [4.78, 5) is 17.9. The van der Waals surface area contributed by atoms with Gasteiger partial charge >= 0.3 is 0 Å². The Kier molecular flexibility index (Phi) is 4.61. The zero-order valence-corrected chi connectivity index (χ0v) is 15.9. The zero-order chi connectivity index (χ0) is 18.8. The Morgan fingerprint density at radius 1 is 0.929 bits per heavy atom. The third-order valence-electron chi connectivity index (χ3n) is 5.70. The number of nitrogens with one attached hydrogen (secondary N) is 2. The van der Waals surface area contributed by atoms with Gasteiger partial charge in [0.1, 0.15) is 11.5 Å². The lowest BCUT2D eigenvalue weighted by Gasteiger charge is -2.22. The van der Waals surface area contributed by atoms with Crippen molar-refractivity contribution in [3.05, 3.63) is 54.2 Å². The fourth-order valence-electron chi connectivity index (χ4n) is 4.17. The summed E-state index contributed by atoms with van der Waals surface area (Å²) < 4.78 is 0. The van der Waals surface area contributed by atoms with E-state index in [9.17, 15) is 0 Å². The average molecular weight is 372 g/mol. The van der Waals surface area contributed by atoms with Crippen molar-refractivity contribution in [1.82, 2.24) is 15.0 Å². The summed E-state index contributed by atoms with van der Waals surface area (Å²) in [7, 11) is 0. The van der Waals surface area contributed by atoms with E-state index in [4.69, 9.17) is 0 Å². The maximum Gasteiger partial charge on any atom is 0.154 e. The summed E-state index contributed by atoms with van der Waals surface area (Å²) in [5.41, 5.74) is 2.76. The first-order valence-corrected chi connectivity index (χ1v) is 10.1. The number of amidine groups is 1. The van der Waals surface area contributed by atoms with Gasteiger partial charge in [0, 0.05) is 36.2 Å². The molecule has 1 fully saturated rings. The fraction of sp³-hybridized carbons (Fsp3) is 0.364. The molecule has 1 aliphatic heterocycles. The van der Waals surface area contributed by atoms with Crippen LogP contribution in [0.2, 0.25) is 0 Å². The van der Waals surface area contributed by atoms with Gasteiger partial charge in [-0.1, -0.05) is 19.3 Å². The van der Waals surface area contributed by atoms with E-state index in [0.717, 1.165) is 52.0 Å². The highest BCUT2D eigenvalue weighted by Gasteiger charge is 2.18. The van der Waals surface area contributed by atoms with E-state index < -0.39 is 0 Å². The summed E-state index contributed by atoms with van der Waals surface area (Å²) in [6.45, 7) is 1.59. The minimum Gasteiger partial charge on any atom is -0.369 e. The molecule has 3 aromatic rings. The molecule has 0 atom stereocenters. The van der Waals surface area contributed by atoms with Crippen LogP contribution in [-0.4, -0.2) is 27.3 Å². The second-order valence-corrected chi connectivity index (χ2v) is 7.62. The van der Waals surface area contributed by atoms with Gasteiger partial charge in [-0.05, 0) is 48.4 Å². The van der Waals surface area contributed by atoms with Gasteiger partial charge in [0.25, 0.3) is 0 Å². The van der Waals surface area contributed by atoms with Crippen molar-refractivity contribution in [2.24, 2.45) is 10.9 Å². The first-order valence-electron chi connectivity index (χ1n) is 10.1. The van der Waals surface area contributed by atoms with E-state index in [1.54, 1.807) is 12.4 Å². The predicted molar refractivity (Wildman–Crippen MR) is 113 cm³/mol. The standard InChI is InChI=1S/C22H24N6/c1-2-4-15(5-3-1)13-26-21-18-7-6-17(12-16(18)8-9-25-21)28-22-20-19(14-27-22)23-10-11-24-20/h6-12,15H,1-5,13-14H2,(H,25,26)(H,27,28). The molecule has 2 N–H and O–H groups in total. The molecule has 1 aromatic carbocycles. The van der Waals surface area contributed by atoms with Crippen LogP contribution in [0.1, 0.15) is 43.5 Å². The molecule has 0 radical (unpaired) electrons. The highest BCUT2D eigenvalue weighted by molar-refractivity contribution is 6.09. The molecule has 5 rings (SSSR count). The quantitative estimate of drug-likeness (QED) is 0.710. The highest BCUT2D eigenvalue weighted by atomic mass is 15.1. The van der Waals surface area contributed by atoms with Gasteiger partial charge in [-0.15, -0.1) is 0 Å². The van der Waals surface area contributed by atoms with E-state index in [1.165, 1.54) is 32.1 Å². The maximum absolute atomic E-state index is 4.58. The van der Waals surface area contributed by atoms with E-state index >= 15 is 0 Å². The molecule has 2 aromatic heterocycles. The Balaban J connectivity index is 1.34. The molecule has 0 amide bonds. The van der Waals surface area contributed by atoms with Gasteiger partial charge in [-0.3, -0.25) is 9.98 Å². The molecular weight excluding hydrogens is 348 g/mol. The van der Waals surface area contributed by atoms with Gasteiger partial charge in [0.2, 0.25) is 0 Å². The van der Waals surface area contributed by atoms with Crippen molar-refractivity contribution in [3.8, 4) is 0 Å². The zero-order valence-electron chi connectivity index (χ0n) is 15.9. The highest BCUT2D eigenvalue weighted by Crippen LogP contribution is 2.28. The van der Waals surface area contributed by atoms with Crippen LogP contribution in [0.4, 0.5) is 11.5 Å². The van der Waals surface area contributed by atoms with Crippen LogP contribution >= 0.6 is 0 Å². The van der Waals surface area contributed by atoms with Crippen LogP contribution in [0, 0.1) is 5.92 Å². The lowest BCUT2D eigenvalue weighted by molar-refractivity contribution is 0.373. The molecule has 6 heteroatoms. The molecule has 0 bridgehead atoms. The normalized spacial score (nSPS) is 16.6. The topological polar surface area (TPSA) is 75.1 Å². The van der Waals surface area contributed by atoms with Crippen LogP contribution in [0.5, 0.6) is 0 Å². The van der Waals surface area contributed by atoms with Crippen molar-refractivity contribution < 1.29 is 0 Å². The Hall–Kier alpha value is -3.02. The van der Waals surface area contributed by atoms with E-state index in [1.807, 2.05) is 6.20 Å². The summed E-state index contributed by atoms with van der Waals surface area (Å²) in [5.74, 6) is 2.53. The molecule has 0 saturated heterocycles. The summed E-state index contributed by atoms with van der Waals surface area (Å²) >= 11 is 0. The smallest absolute Gasteiger partial charge is 0.154 e. The monoisotopic (exact) mass is 372 g/mol. The summed E-state index contributed by atoms with van der Waals surface area (Å²) in [6.07, 6.45) is 12.1. The molecule has 0 unspecified atom stereocenters. The molecule has 0 spiro atoms. The number of rotatable bonds is 4. The first kappa shape index (κ1) is 17.1. The van der Waals surface area contributed by atoms with Crippen LogP contribution in [-0.2, 0) is 6.54 Å². The van der Waals surface area contributed by atoms with Crippen molar-refractivity contribution in [3.63, 3.8) is 0 Å². The number of benzene rings is 1. The number of aliphatic imine (C=N–C) groups is 1. The number of aromatic nitrogens is 3. The lowest BCUT2D eigenvalue weighted by Crippen LogP contribution is -2.17. The van der Waals surface area contributed by atoms with Crippen molar-refractivity contribution in [2.45, 2.75) is 38.6 Å². The summed E-state index contributed by atoms with van der Waals surface area (Å²) in [5, 5.41) is 9.30. The average Bonchev–Trinajstić information content (AvgIpc) is 3.16.